The number of hydrogen-bond acceptors (Lipinski definition) is 3. The molecule has 0 saturated carbocycles. The van der Waals surface area contributed by atoms with Gasteiger partial charge in [0.2, 0.25) is 0 Å². The fourth-order valence-electron chi connectivity index (χ4n) is 4.25. The number of rotatable bonds is 5. The van der Waals surface area contributed by atoms with Gasteiger partial charge in [0.25, 0.3) is 0 Å². The number of aryl methyl sites for hydroxylation is 2. The van der Waals surface area contributed by atoms with Crippen LogP contribution in [-0.4, -0.2) is 32.7 Å². The number of halogens is 2. The average Bonchev–Trinajstić information content (AvgIpc) is 2.67. The van der Waals surface area contributed by atoms with Crippen molar-refractivity contribution in [2.45, 2.75) is 19.9 Å². The van der Waals surface area contributed by atoms with Crippen molar-refractivity contribution >= 4 is 14.7 Å². The topological polar surface area (TPSA) is 37.4 Å². The van der Waals surface area contributed by atoms with Gasteiger partial charge in [0, 0.05) is 25.4 Å². The Morgan fingerprint density at radius 3 is 1.66 bits per heavy atom. The van der Waals surface area contributed by atoms with Crippen LogP contribution in [0.1, 0.15) is 33.9 Å². The third-order valence-corrected chi connectivity index (χ3v) is 7.02. The van der Waals surface area contributed by atoms with Crippen molar-refractivity contribution in [3.8, 4) is 0 Å². The highest BCUT2D eigenvalue weighted by molar-refractivity contribution is 8.00. The van der Waals surface area contributed by atoms with Gasteiger partial charge in [0.1, 0.15) is 11.6 Å². The van der Waals surface area contributed by atoms with Gasteiger partial charge >= 0.3 is 0 Å². The predicted octanol–water partition coefficient (Wildman–Crippen LogP) is 5.44. The first-order chi connectivity index (χ1) is 15.1. The Labute approximate surface area is 187 Å². The Bertz CT molecular complexity index is 1210. The zero-order chi connectivity index (χ0) is 23.0. The molecule has 0 aliphatic carbocycles. The molecule has 166 valence electrons. The molecule has 0 atom stereocenters. The van der Waals surface area contributed by atoms with Crippen molar-refractivity contribution in [2.75, 3.05) is 19.3 Å². The molecule has 1 heterocycles. The Kier molecular flexibility index (Phi) is 6.01. The number of likely N-dealkylation sites (tertiary alicyclic amines) is 1. The third-order valence-electron chi connectivity index (χ3n) is 5.76. The summed E-state index contributed by atoms with van der Waals surface area (Å²) in [7, 11) is -3.68. The molecule has 0 N–H and O–H groups in total. The lowest BCUT2D eigenvalue weighted by atomic mass is 9.91. The van der Waals surface area contributed by atoms with Crippen LogP contribution < -0.4 is 0 Å². The lowest BCUT2D eigenvalue weighted by molar-refractivity contribution is 0.203. The van der Waals surface area contributed by atoms with Crippen molar-refractivity contribution in [3.63, 3.8) is 0 Å². The molecule has 4 rings (SSSR count). The molecule has 3 aromatic carbocycles. The van der Waals surface area contributed by atoms with Crippen molar-refractivity contribution in [2.24, 2.45) is 0 Å². The molecule has 6 heteroatoms. The lowest BCUT2D eigenvalue weighted by Gasteiger charge is -2.42. The van der Waals surface area contributed by atoms with Gasteiger partial charge in [-0.1, -0.05) is 59.7 Å². The molecular formula is C26H25F2NO2S. The fraction of sp³-hybridized carbons (Fsp3) is 0.231. The second-order valence-corrected chi connectivity index (χ2v) is 10.4. The maximum atomic E-state index is 13.8. The molecule has 0 radical (unpaired) electrons. The summed E-state index contributed by atoms with van der Waals surface area (Å²) in [4.78, 5) is 2.18. The van der Waals surface area contributed by atoms with Crippen molar-refractivity contribution in [1.82, 2.24) is 4.90 Å². The zero-order valence-corrected chi connectivity index (χ0v) is 19.1. The monoisotopic (exact) mass is 453 g/mol. The summed E-state index contributed by atoms with van der Waals surface area (Å²) >= 11 is 0. The van der Waals surface area contributed by atoms with Crippen molar-refractivity contribution in [1.29, 1.82) is 0 Å². The third kappa shape index (κ3) is 4.66. The minimum atomic E-state index is -3.68. The minimum Gasteiger partial charge on any atom is -0.284 e. The molecule has 3 aromatic rings. The lowest BCUT2D eigenvalue weighted by Crippen LogP contribution is -2.44. The summed E-state index contributed by atoms with van der Waals surface area (Å²) in [5.74, 6) is -1.59. The molecule has 0 unspecified atom stereocenters. The summed E-state index contributed by atoms with van der Waals surface area (Å²) in [5.41, 5.74) is 5.25. The first-order valence-electron chi connectivity index (χ1n) is 10.4. The van der Waals surface area contributed by atoms with E-state index in [4.69, 9.17) is 0 Å². The highest BCUT2D eigenvalue weighted by Gasteiger charge is 2.34. The number of benzene rings is 3. The van der Waals surface area contributed by atoms with Crippen molar-refractivity contribution < 1.29 is 17.2 Å². The molecule has 1 fully saturated rings. The average molecular weight is 454 g/mol. The van der Waals surface area contributed by atoms with Gasteiger partial charge in [0.15, 0.2) is 9.84 Å². The standard InChI is InChI=1S/C26H25F2NO2S/c1-17-4-8-19(9-5-17)25(20-10-6-18(2)7-11-20)29-15-22(16-29)26(32(3,30)31)21-12-23(27)14-24(28)13-21/h4-14,25H,15-16H2,1-3H3. The molecular weight excluding hydrogens is 428 g/mol. The maximum absolute atomic E-state index is 13.8. The van der Waals surface area contributed by atoms with Crippen LogP contribution in [0.25, 0.3) is 4.91 Å². The number of nitrogens with zero attached hydrogens (tertiary/aromatic N) is 1. The molecule has 0 aromatic heterocycles. The van der Waals surface area contributed by atoms with Crippen LogP contribution in [0, 0.1) is 25.5 Å². The van der Waals surface area contributed by atoms with E-state index in [1.807, 2.05) is 13.8 Å². The van der Waals surface area contributed by atoms with E-state index >= 15 is 0 Å². The summed E-state index contributed by atoms with van der Waals surface area (Å²) in [5, 5.41) is 0. The van der Waals surface area contributed by atoms with Gasteiger partial charge in [-0.3, -0.25) is 4.90 Å². The molecule has 32 heavy (non-hydrogen) atoms. The maximum Gasteiger partial charge on any atom is 0.176 e. The SMILES string of the molecule is Cc1ccc(C(c2ccc(C)cc2)N2CC(=C(c3cc(F)cc(F)c3)S(C)(=O)=O)C2)cc1. The minimum absolute atomic E-state index is 0.0127. The summed E-state index contributed by atoms with van der Waals surface area (Å²) in [6, 6.07) is 19.4. The van der Waals surface area contributed by atoms with Crippen LogP contribution in [0.2, 0.25) is 0 Å². The number of sulfone groups is 1. The molecule has 0 amide bonds. The van der Waals surface area contributed by atoms with Crippen molar-refractivity contribution in [3.05, 3.63) is 112 Å². The van der Waals surface area contributed by atoms with E-state index < -0.39 is 21.5 Å². The first-order valence-corrected chi connectivity index (χ1v) is 12.3. The van der Waals surface area contributed by atoms with E-state index in [9.17, 15) is 17.2 Å². The largest absolute Gasteiger partial charge is 0.284 e. The molecule has 0 spiro atoms. The Morgan fingerprint density at radius 1 is 0.812 bits per heavy atom. The Balaban J connectivity index is 1.74. The summed E-state index contributed by atoms with van der Waals surface area (Å²) in [6.07, 6.45) is 1.08. The van der Waals surface area contributed by atoms with Crippen LogP contribution in [0.3, 0.4) is 0 Å². The quantitative estimate of drug-likeness (QED) is 0.516. The van der Waals surface area contributed by atoms with Crippen LogP contribution in [0.15, 0.2) is 72.3 Å². The second-order valence-electron chi connectivity index (χ2n) is 8.49. The molecule has 1 saturated heterocycles. The van der Waals surface area contributed by atoms with Gasteiger partial charge in [-0.05, 0) is 48.2 Å². The first kappa shape index (κ1) is 22.4. The zero-order valence-electron chi connectivity index (χ0n) is 18.3. The summed E-state index contributed by atoms with van der Waals surface area (Å²) < 4.78 is 52.7. The van der Waals surface area contributed by atoms with E-state index in [-0.39, 0.29) is 16.5 Å². The molecule has 1 aliphatic heterocycles. The van der Waals surface area contributed by atoms with Gasteiger partial charge < -0.3 is 0 Å². The van der Waals surface area contributed by atoms with E-state index in [2.05, 4.69) is 53.4 Å². The molecule has 3 nitrogen and oxygen atoms in total. The highest BCUT2D eigenvalue weighted by Crippen LogP contribution is 2.38. The normalized spacial score (nSPS) is 14.5. The van der Waals surface area contributed by atoms with Gasteiger partial charge in [-0.2, -0.15) is 0 Å². The predicted molar refractivity (Wildman–Crippen MR) is 124 cm³/mol. The number of hydrogen-bond donors (Lipinski definition) is 0. The van der Waals surface area contributed by atoms with Gasteiger partial charge in [-0.15, -0.1) is 0 Å². The highest BCUT2D eigenvalue weighted by atomic mass is 32.2. The van der Waals surface area contributed by atoms with Crippen LogP contribution in [0.5, 0.6) is 0 Å². The Morgan fingerprint density at radius 2 is 1.25 bits per heavy atom. The van der Waals surface area contributed by atoms with E-state index in [1.54, 1.807) is 0 Å². The smallest absolute Gasteiger partial charge is 0.176 e. The van der Waals surface area contributed by atoms with Crippen LogP contribution >= 0.6 is 0 Å². The van der Waals surface area contributed by atoms with E-state index in [0.717, 1.165) is 46.7 Å². The Hall–Kier alpha value is -2.83. The van der Waals surface area contributed by atoms with E-state index in [0.29, 0.717) is 18.7 Å². The van der Waals surface area contributed by atoms with Crippen LogP contribution in [-0.2, 0) is 9.84 Å². The van der Waals surface area contributed by atoms with Gasteiger partial charge in [0.05, 0.1) is 10.9 Å². The fourth-order valence-corrected chi connectivity index (χ4v) is 5.45. The molecule has 0 bridgehead atoms. The molecule has 1 aliphatic rings. The van der Waals surface area contributed by atoms with Crippen LogP contribution in [0.4, 0.5) is 8.78 Å². The van der Waals surface area contributed by atoms with Gasteiger partial charge in [-0.25, -0.2) is 17.2 Å². The summed E-state index contributed by atoms with van der Waals surface area (Å²) in [6.45, 7) is 4.86. The van der Waals surface area contributed by atoms with E-state index in [1.165, 1.54) is 0 Å². The second kappa shape index (κ2) is 8.60.